The molecule has 0 atom stereocenters. The Morgan fingerprint density at radius 2 is 2.07 bits per heavy atom. The zero-order valence-electron chi connectivity index (χ0n) is 9.05. The van der Waals surface area contributed by atoms with E-state index in [-0.39, 0.29) is 5.97 Å². The Labute approximate surface area is 95.2 Å². The molecule has 82 valence electrons. The van der Waals surface area contributed by atoms with Crippen LogP contribution in [0.3, 0.4) is 0 Å². The van der Waals surface area contributed by atoms with Gasteiger partial charge in [-0.1, -0.05) is 6.07 Å². The summed E-state index contributed by atoms with van der Waals surface area (Å²) in [6, 6.07) is 5.62. The third kappa shape index (κ3) is 3.92. The Bertz CT molecular complexity index is 347. The smallest absolute Gasteiger partial charge is 0.311 e. The van der Waals surface area contributed by atoms with Crippen molar-refractivity contribution in [3.63, 3.8) is 0 Å². The first kappa shape index (κ1) is 12.1. The number of alkyl halides is 1. The van der Waals surface area contributed by atoms with Gasteiger partial charge in [0.1, 0.15) is 5.75 Å². The standard InChI is InChI=1S/C12H15ClO2/c1-9-5-6-11(8-10(9)2)15-12(14)4-3-7-13/h5-6,8H,3-4,7H2,1-2H3. The van der Waals surface area contributed by atoms with Crippen molar-refractivity contribution in [3.05, 3.63) is 29.3 Å². The van der Waals surface area contributed by atoms with Crippen LogP contribution in [0.1, 0.15) is 24.0 Å². The summed E-state index contributed by atoms with van der Waals surface area (Å²) in [4.78, 5) is 11.3. The predicted molar refractivity (Wildman–Crippen MR) is 61.5 cm³/mol. The number of halogens is 1. The summed E-state index contributed by atoms with van der Waals surface area (Å²) in [5, 5.41) is 0. The minimum Gasteiger partial charge on any atom is -0.427 e. The maximum atomic E-state index is 11.3. The van der Waals surface area contributed by atoms with Gasteiger partial charge in [0.2, 0.25) is 0 Å². The highest BCUT2D eigenvalue weighted by atomic mass is 35.5. The van der Waals surface area contributed by atoms with Gasteiger partial charge in [-0.25, -0.2) is 0 Å². The molecular formula is C12H15ClO2. The summed E-state index contributed by atoms with van der Waals surface area (Å²) in [5.41, 5.74) is 2.31. The van der Waals surface area contributed by atoms with Crippen molar-refractivity contribution < 1.29 is 9.53 Å². The lowest BCUT2D eigenvalue weighted by atomic mass is 10.1. The van der Waals surface area contributed by atoms with Crippen molar-refractivity contribution in [1.29, 1.82) is 0 Å². The van der Waals surface area contributed by atoms with Crippen molar-refractivity contribution in [2.75, 3.05) is 5.88 Å². The minimum atomic E-state index is -0.223. The van der Waals surface area contributed by atoms with Crippen molar-refractivity contribution in [1.82, 2.24) is 0 Å². The number of carbonyl (C=O) groups excluding carboxylic acids is 1. The van der Waals surface area contributed by atoms with Crippen molar-refractivity contribution in [3.8, 4) is 5.75 Å². The highest BCUT2D eigenvalue weighted by Gasteiger charge is 2.04. The number of aryl methyl sites for hydroxylation is 2. The first-order chi connectivity index (χ1) is 7.13. The monoisotopic (exact) mass is 226 g/mol. The largest absolute Gasteiger partial charge is 0.427 e. The van der Waals surface area contributed by atoms with Gasteiger partial charge < -0.3 is 4.74 Å². The second-order valence-electron chi connectivity index (χ2n) is 3.51. The van der Waals surface area contributed by atoms with Crippen LogP contribution < -0.4 is 4.74 Å². The number of benzene rings is 1. The fourth-order valence-electron chi connectivity index (χ4n) is 1.17. The SMILES string of the molecule is Cc1ccc(OC(=O)CCCCl)cc1C. The van der Waals surface area contributed by atoms with Gasteiger partial charge in [0.05, 0.1) is 0 Å². The van der Waals surface area contributed by atoms with Crippen LogP contribution in [0.15, 0.2) is 18.2 Å². The van der Waals surface area contributed by atoms with Gasteiger partial charge >= 0.3 is 5.97 Å². The lowest BCUT2D eigenvalue weighted by Crippen LogP contribution is -2.07. The Morgan fingerprint density at radius 1 is 1.33 bits per heavy atom. The molecule has 0 spiro atoms. The van der Waals surface area contributed by atoms with Crippen molar-refractivity contribution >= 4 is 17.6 Å². The number of ether oxygens (including phenoxy) is 1. The molecule has 1 aromatic carbocycles. The highest BCUT2D eigenvalue weighted by molar-refractivity contribution is 6.17. The Balaban J connectivity index is 2.57. The van der Waals surface area contributed by atoms with Gasteiger partial charge in [-0.3, -0.25) is 4.79 Å². The zero-order valence-corrected chi connectivity index (χ0v) is 9.80. The molecule has 0 saturated carbocycles. The normalized spacial score (nSPS) is 10.1. The van der Waals surface area contributed by atoms with E-state index in [9.17, 15) is 4.79 Å². The molecule has 0 fully saturated rings. The van der Waals surface area contributed by atoms with Crippen molar-refractivity contribution in [2.45, 2.75) is 26.7 Å². The summed E-state index contributed by atoms with van der Waals surface area (Å²) in [5.74, 6) is 0.874. The van der Waals surface area contributed by atoms with E-state index in [0.717, 1.165) is 5.56 Å². The number of rotatable bonds is 4. The second-order valence-corrected chi connectivity index (χ2v) is 3.89. The number of esters is 1. The lowest BCUT2D eigenvalue weighted by molar-refractivity contribution is -0.134. The molecule has 0 aliphatic heterocycles. The van der Waals surface area contributed by atoms with Crippen LogP contribution >= 0.6 is 11.6 Å². The molecule has 0 saturated heterocycles. The molecule has 0 aliphatic carbocycles. The third-order valence-electron chi connectivity index (χ3n) is 2.22. The van der Waals surface area contributed by atoms with E-state index in [1.807, 2.05) is 26.0 Å². The first-order valence-electron chi connectivity index (χ1n) is 4.97. The summed E-state index contributed by atoms with van der Waals surface area (Å²) >= 11 is 5.49. The molecule has 3 heteroatoms. The minimum absolute atomic E-state index is 0.223. The van der Waals surface area contributed by atoms with E-state index in [4.69, 9.17) is 16.3 Å². The van der Waals surface area contributed by atoms with E-state index in [2.05, 4.69) is 0 Å². The molecule has 1 rings (SSSR count). The van der Waals surface area contributed by atoms with Crippen LogP contribution in [0.4, 0.5) is 0 Å². The molecule has 0 radical (unpaired) electrons. The quantitative estimate of drug-likeness (QED) is 0.448. The summed E-state index contributed by atoms with van der Waals surface area (Å²) in [7, 11) is 0. The van der Waals surface area contributed by atoms with E-state index in [1.165, 1.54) is 5.56 Å². The average molecular weight is 227 g/mol. The number of hydrogen-bond donors (Lipinski definition) is 0. The number of hydrogen-bond acceptors (Lipinski definition) is 2. The van der Waals surface area contributed by atoms with Crippen LogP contribution in [0.25, 0.3) is 0 Å². The third-order valence-corrected chi connectivity index (χ3v) is 2.49. The topological polar surface area (TPSA) is 26.3 Å². The molecule has 0 N–H and O–H groups in total. The van der Waals surface area contributed by atoms with E-state index in [1.54, 1.807) is 6.07 Å². The van der Waals surface area contributed by atoms with Crippen LogP contribution in [-0.2, 0) is 4.79 Å². The molecular weight excluding hydrogens is 212 g/mol. The van der Waals surface area contributed by atoms with Crippen molar-refractivity contribution in [2.24, 2.45) is 0 Å². The van der Waals surface area contributed by atoms with Gasteiger partial charge in [0.25, 0.3) is 0 Å². The second kappa shape index (κ2) is 5.76. The zero-order chi connectivity index (χ0) is 11.3. The molecule has 0 unspecified atom stereocenters. The molecule has 0 aliphatic rings. The molecule has 0 bridgehead atoms. The highest BCUT2D eigenvalue weighted by Crippen LogP contribution is 2.17. The maximum Gasteiger partial charge on any atom is 0.311 e. The van der Waals surface area contributed by atoms with E-state index in [0.29, 0.717) is 24.5 Å². The fraction of sp³-hybridized carbons (Fsp3) is 0.417. The Hall–Kier alpha value is -1.02. The lowest BCUT2D eigenvalue weighted by Gasteiger charge is -2.06. The maximum absolute atomic E-state index is 11.3. The van der Waals surface area contributed by atoms with Crippen LogP contribution in [0.5, 0.6) is 5.75 Å². The van der Waals surface area contributed by atoms with Gasteiger partial charge in [-0.15, -0.1) is 11.6 Å². The van der Waals surface area contributed by atoms with Gasteiger partial charge in [0.15, 0.2) is 0 Å². The Kier molecular flexibility index (Phi) is 4.63. The van der Waals surface area contributed by atoms with E-state index >= 15 is 0 Å². The number of carbonyl (C=O) groups is 1. The van der Waals surface area contributed by atoms with Gasteiger partial charge in [-0.05, 0) is 43.5 Å². The van der Waals surface area contributed by atoms with Gasteiger partial charge in [0, 0.05) is 12.3 Å². The molecule has 0 aromatic heterocycles. The van der Waals surface area contributed by atoms with E-state index < -0.39 is 0 Å². The molecule has 0 amide bonds. The molecule has 0 heterocycles. The van der Waals surface area contributed by atoms with Crippen LogP contribution in [-0.4, -0.2) is 11.8 Å². The average Bonchev–Trinajstić information content (AvgIpc) is 2.20. The summed E-state index contributed by atoms with van der Waals surface area (Å²) < 4.78 is 5.15. The van der Waals surface area contributed by atoms with Crippen LogP contribution in [0.2, 0.25) is 0 Å². The summed E-state index contributed by atoms with van der Waals surface area (Å²) in [6.45, 7) is 4.01. The molecule has 2 nitrogen and oxygen atoms in total. The van der Waals surface area contributed by atoms with Gasteiger partial charge in [-0.2, -0.15) is 0 Å². The predicted octanol–water partition coefficient (Wildman–Crippen LogP) is 3.23. The summed E-state index contributed by atoms with van der Waals surface area (Å²) in [6.07, 6.45) is 1.03. The molecule has 1 aromatic rings. The fourth-order valence-corrected chi connectivity index (χ4v) is 1.30. The van der Waals surface area contributed by atoms with Crippen LogP contribution in [0, 0.1) is 13.8 Å². The molecule has 15 heavy (non-hydrogen) atoms. The first-order valence-corrected chi connectivity index (χ1v) is 5.51. The Morgan fingerprint density at radius 3 is 2.67 bits per heavy atom.